The van der Waals surface area contributed by atoms with E-state index in [1.807, 2.05) is 30.3 Å². The molecule has 1 unspecified atom stereocenters. The molecule has 0 aliphatic carbocycles. The molecule has 6 nitrogen and oxygen atoms in total. The van der Waals surface area contributed by atoms with Gasteiger partial charge in [-0.1, -0.05) is 41.7 Å². The van der Waals surface area contributed by atoms with Gasteiger partial charge < -0.3 is 10.5 Å². The highest BCUT2D eigenvalue weighted by atomic mass is 32.1. The standard InChI is InChI=1S/C12H13N5OS/c1-18-7-9(13)11-16-17-10(14-15-12(17)19-11)8-5-3-2-4-6-8/h2-6,9H,7,13H2,1H3. The molecule has 19 heavy (non-hydrogen) atoms. The van der Waals surface area contributed by atoms with Crippen molar-refractivity contribution in [3.05, 3.63) is 35.3 Å². The van der Waals surface area contributed by atoms with Crippen molar-refractivity contribution in [2.24, 2.45) is 5.73 Å². The SMILES string of the molecule is COCC(N)c1nn2c(-c3ccccc3)nnc2s1. The summed E-state index contributed by atoms with van der Waals surface area (Å²) in [5, 5.41) is 13.6. The summed E-state index contributed by atoms with van der Waals surface area (Å²) in [6, 6.07) is 9.60. The molecule has 0 aliphatic heterocycles. The van der Waals surface area contributed by atoms with Crippen molar-refractivity contribution in [3.63, 3.8) is 0 Å². The highest BCUT2D eigenvalue weighted by Crippen LogP contribution is 2.23. The Hall–Kier alpha value is -1.83. The summed E-state index contributed by atoms with van der Waals surface area (Å²) in [5.74, 6) is 0.725. The van der Waals surface area contributed by atoms with Crippen LogP contribution >= 0.6 is 11.3 Å². The zero-order chi connectivity index (χ0) is 13.2. The molecule has 1 atom stereocenters. The monoisotopic (exact) mass is 275 g/mol. The first-order valence-corrected chi connectivity index (χ1v) is 6.63. The zero-order valence-corrected chi connectivity index (χ0v) is 11.2. The molecule has 0 bridgehead atoms. The van der Waals surface area contributed by atoms with Gasteiger partial charge in [0.1, 0.15) is 5.01 Å². The Kier molecular flexibility index (Phi) is 3.24. The molecule has 0 saturated carbocycles. The Balaban J connectivity index is 2.03. The smallest absolute Gasteiger partial charge is 0.235 e. The van der Waals surface area contributed by atoms with E-state index in [2.05, 4.69) is 15.3 Å². The molecule has 0 fully saturated rings. The third kappa shape index (κ3) is 2.23. The van der Waals surface area contributed by atoms with Gasteiger partial charge in [-0.25, -0.2) is 0 Å². The van der Waals surface area contributed by atoms with Crippen molar-refractivity contribution in [2.75, 3.05) is 13.7 Å². The van der Waals surface area contributed by atoms with Crippen LogP contribution in [-0.2, 0) is 4.74 Å². The van der Waals surface area contributed by atoms with Gasteiger partial charge in [-0.3, -0.25) is 0 Å². The minimum Gasteiger partial charge on any atom is -0.383 e. The lowest BCUT2D eigenvalue weighted by Gasteiger charge is -2.04. The van der Waals surface area contributed by atoms with E-state index in [0.717, 1.165) is 21.4 Å². The first kappa shape index (κ1) is 12.2. The largest absolute Gasteiger partial charge is 0.383 e. The summed E-state index contributed by atoms with van der Waals surface area (Å²) in [7, 11) is 1.62. The van der Waals surface area contributed by atoms with Crippen molar-refractivity contribution in [1.82, 2.24) is 19.8 Å². The number of hydrogen-bond acceptors (Lipinski definition) is 6. The van der Waals surface area contributed by atoms with E-state index in [4.69, 9.17) is 10.5 Å². The van der Waals surface area contributed by atoms with Crippen LogP contribution < -0.4 is 5.73 Å². The third-order valence-corrected chi connectivity index (χ3v) is 3.73. The van der Waals surface area contributed by atoms with E-state index in [0.29, 0.717) is 6.61 Å². The number of nitrogens with two attached hydrogens (primary N) is 1. The Morgan fingerprint density at radius 1 is 1.32 bits per heavy atom. The van der Waals surface area contributed by atoms with Crippen molar-refractivity contribution in [1.29, 1.82) is 0 Å². The molecule has 0 aliphatic rings. The van der Waals surface area contributed by atoms with Crippen LogP contribution in [0, 0.1) is 0 Å². The van der Waals surface area contributed by atoms with Gasteiger partial charge in [-0.2, -0.15) is 9.61 Å². The van der Waals surface area contributed by atoms with E-state index in [-0.39, 0.29) is 6.04 Å². The van der Waals surface area contributed by atoms with Crippen LogP contribution in [0.1, 0.15) is 11.0 Å². The fourth-order valence-corrected chi connectivity index (χ4v) is 2.62. The molecule has 0 radical (unpaired) electrons. The van der Waals surface area contributed by atoms with Gasteiger partial charge in [0.05, 0.1) is 12.6 Å². The molecule has 3 rings (SSSR count). The highest BCUT2D eigenvalue weighted by molar-refractivity contribution is 7.16. The first-order valence-electron chi connectivity index (χ1n) is 5.81. The lowest BCUT2D eigenvalue weighted by Crippen LogP contribution is -2.16. The summed E-state index contributed by atoms with van der Waals surface area (Å²) in [5.41, 5.74) is 6.96. The molecule has 0 amide bonds. The molecule has 0 spiro atoms. The topological polar surface area (TPSA) is 78.3 Å². The normalized spacial score (nSPS) is 12.9. The molecule has 7 heteroatoms. The van der Waals surface area contributed by atoms with Gasteiger partial charge >= 0.3 is 0 Å². The fraction of sp³-hybridized carbons (Fsp3) is 0.250. The summed E-state index contributed by atoms with van der Waals surface area (Å²) >= 11 is 1.43. The molecule has 0 saturated heterocycles. The minimum absolute atomic E-state index is 0.236. The van der Waals surface area contributed by atoms with Gasteiger partial charge in [0.15, 0.2) is 5.82 Å². The summed E-state index contributed by atoms with van der Waals surface area (Å²) < 4.78 is 6.77. The number of ether oxygens (including phenoxy) is 1. The summed E-state index contributed by atoms with van der Waals surface area (Å²) in [4.78, 5) is 0.736. The van der Waals surface area contributed by atoms with Gasteiger partial charge in [-0.15, -0.1) is 10.2 Å². The number of rotatable bonds is 4. The molecule has 3 aromatic rings. The van der Waals surface area contributed by atoms with Crippen LogP contribution in [0.2, 0.25) is 0 Å². The predicted molar refractivity (Wildman–Crippen MR) is 72.9 cm³/mol. The Bertz CT molecular complexity index is 678. The second-order valence-corrected chi connectivity index (χ2v) is 5.07. The molecule has 2 heterocycles. The van der Waals surface area contributed by atoms with Gasteiger partial charge in [0.2, 0.25) is 4.96 Å². The highest BCUT2D eigenvalue weighted by Gasteiger charge is 2.16. The van der Waals surface area contributed by atoms with Gasteiger partial charge in [0.25, 0.3) is 0 Å². The number of methoxy groups -OCH3 is 1. The number of hydrogen-bond donors (Lipinski definition) is 1. The van der Waals surface area contributed by atoms with Crippen LogP contribution in [-0.4, -0.2) is 33.5 Å². The van der Waals surface area contributed by atoms with Gasteiger partial charge in [0, 0.05) is 12.7 Å². The maximum absolute atomic E-state index is 5.98. The van der Waals surface area contributed by atoms with Crippen LogP contribution in [0.5, 0.6) is 0 Å². The van der Waals surface area contributed by atoms with E-state index >= 15 is 0 Å². The van der Waals surface area contributed by atoms with E-state index in [1.54, 1.807) is 11.6 Å². The van der Waals surface area contributed by atoms with Crippen LogP contribution in [0.4, 0.5) is 0 Å². The molecule has 1 aromatic carbocycles. The minimum atomic E-state index is -0.236. The Labute approximate surface area is 113 Å². The lowest BCUT2D eigenvalue weighted by atomic mass is 10.2. The Morgan fingerprint density at radius 3 is 2.84 bits per heavy atom. The number of nitrogens with zero attached hydrogens (tertiary/aromatic N) is 4. The lowest BCUT2D eigenvalue weighted by molar-refractivity contribution is 0.180. The predicted octanol–water partition coefficient (Wildman–Crippen LogP) is 1.50. The zero-order valence-electron chi connectivity index (χ0n) is 10.4. The van der Waals surface area contributed by atoms with Crippen molar-refractivity contribution < 1.29 is 4.74 Å². The van der Waals surface area contributed by atoms with Crippen LogP contribution in [0.3, 0.4) is 0 Å². The average molecular weight is 275 g/mol. The number of aromatic nitrogens is 4. The molecular weight excluding hydrogens is 262 g/mol. The molecule has 2 aromatic heterocycles. The van der Waals surface area contributed by atoms with Crippen molar-refractivity contribution in [2.45, 2.75) is 6.04 Å². The third-order valence-electron chi connectivity index (χ3n) is 2.70. The fourth-order valence-electron chi connectivity index (χ4n) is 1.80. The van der Waals surface area contributed by atoms with Gasteiger partial charge in [-0.05, 0) is 0 Å². The van der Waals surface area contributed by atoms with Crippen LogP contribution in [0.25, 0.3) is 16.3 Å². The molecule has 2 N–H and O–H groups in total. The number of benzene rings is 1. The second-order valence-electron chi connectivity index (χ2n) is 4.09. The summed E-state index contributed by atoms with van der Waals surface area (Å²) in [6.07, 6.45) is 0. The quantitative estimate of drug-likeness (QED) is 0.780. The first-order chi connectivity index (χ1) is 9.29. The average Bonchev–Trinajstić information content (AvgIpc) is 2.99. The van der Waals surface area contributed by atoms with Crippen molar-refractivity contribution >= 4 is 16.3 Å². The second kappa shape index (κ2) is 5.04. The van der Waals surface area contributed by atoms with E-state index in [1.165, 1.54) is 11.3 Å². The van der Waals surface area contributed by atoms with E-state index in [9.17, 15) is 0 Å². The molecule has 98 valence electrons. The van der Waals surface area contributed by atoms with Crippen LogP contribution in [0.15, 0.2) is 30.3 Å². The number of fused-ring (bicyclic) bond motifs is 1. The Morgan fingerprint density at radius 2 is 2.11 bits per heavy atom. The molecular formula is C12H13N5OS. The van der Waals surface area contributed by atoms with E-state index < -0.39 is 0 Å². The van der Waals surface area contributed by atoms with Crippen molar-refractivity contribution in [3.8, 4) is 11.4 Å². The maximum Gasteiger partial charge on any atom is 0.235 e. The summed E-state index contributed by atoms with van der Waals surface area (Å²) in [6.45, 7) is 0.435. The maximum atomic E-state index is 5.98.